The van der Waals surface area contributed by atoms with Gasteiger partial charge >= 0.3 is 5.97 Å². The highest BCUT2D eigenvalue weighted by atomic mass is 79.9. The SMILES string of the molecule is COC(=O)c1ncc(NC(=O)c2c(C)c(-c3ccccc3)nc3ccc(Br)cc23)cn1. The third kappa shape index (κ3) is 4.15. The third-order valence-electron chi connectivity index (χ3n) is 4.74. The molecule has 7 nitrogen and oxygen atoms in total. The van der Waals surface area contributed by atoms with Crippen LogP contribution in [-0.4, -0.2) is 33.9 Å². The van der Waals surface area contributed by atoms with Crippen molar-refractivity contribution < 1.29 is 14.3 Å². The molecule has 0 radical (unpaired) electrons. The fourth-order valence-electron chi connectivity index (χ4n) is 3.28. The van der Waals surface area contributed by atoms with Crippen molar-refractivity contribution in [3.05, 3.63) is 82.3 Å². The first-order chi connectivity index (χ1) is 15.0. The number of anilines is 1. The van der Waals surface area contributed by atoms with E-state index < -0.39 is 5.97 Å². The number of amides is 1. The van der Waals surface area contributed by atoms with Crippen molar-refractivity contribution in [1.29, 1.82) is 0 Å². The standard InChI is InChI=1S/C23H17BrN4O3/c1-13-19(22(29)27-16-11-25-21(26-12-16)23(30)31-2)17-10-15(24)8-9-18(17)28-20(13)14-6-4-3-5-7-14/h3-12H,1-2H3,(H,27,29). The molecule has 154 valence electrons. The Kier molecular flexibility index (Phi) is 5.73. The van der Waals surface area contributed by atoms with Crippen LogP contribution >= 0.6 is 15.9 Å². The van der Waals surface area contributed by atoms with Crippen molar-refractivity contribution in [2.24, 2.45) is 0 Å². The van der Waals surface area contributed by atoms with Gasteiger partial charge in [0.15, 0.2) is 0 Å². The van der Waals surface area contributed by atoms with E-state index >= 15 is 0 Å². The number of hydrogen-bond donors (Lipinski definition) is 1. The Bertz CT molecular complexity index is 1290. The van der Waals surface area contributed by atoms with Crippen LogP contribution in [0.4, 0.5) is 5.69 Å². The molecule has 0 unspecified atom stereocenters. The van der Waals surface area contributed by atoms with Gasteiger partial charge in [0.05, 0.1) is 42.0 Å². The first kappa shape index (κ1) is 20.6. The van der Waals surface area contributed by atoms with Crippen LogP contribution in [-0.2, 0) is 4.74 Å². The molecule has 2 aromatic carbocycles. The zero-order valence-corrected chi connectivity index (χ0v) is 18.3. The highest BCUT2D eigenvalue weighted by molar-refractivity contribution is 9.10. The number of carbonyl (C=O) groups is 2. The van der Waals surface area contributed by atoms with Gasteiger partial charge in [-0.1, -0.05) is 46.3 Å². The van der Waals surface area contributed by atoms with Crippen LogP contribution in [0.15, 0.2) is 65.4 Å². The molecule has 4 aromatic rings. The quantitative estimate of drug-likeness (QED) is 0.425. The molecule has 0 atom stereocenters. The molecule has 0 spiro atoms. The van der Waals surface area contributed by atoms with Gasteiger partial charge < -0.3 is 10.1 Å². The van der Waals surface area contributed by atoms with E-state index in [0.717, 1.165) is 26.7 Å². The number of pyridine rings is 1. The van der Waals surface area contributed by atoms with E-state index in [2.05, 4.69) is 36.0 Å². The summed E-state index contributed by atoms with van der Waals surface area (Å²) in [6.45, 7) is 1.88. The predicted octanol–water partition coefficient (Wildman–Crippen LogP) is 4.80. The highest BCUT2D eigenvalue weighted by Gasteiger charge is 2.20. The van der Waals surface area contributed by atoms with E-state index in [4.69, 9.17) is 4.98 Å². The molecule has 0 saturated heterocycles. The van der Waals surface area contributed by atoms with Gasteiger partial charge in [-0.3, -0.25) is 4.79 Å². The number of nitrogens with one attached hydrogen (secondary N) is 1. The molecule has 0 saturated carbocycles. The average molecular weight is 477 g/mol. The molecule has 0 aliphatic heterocycles. The van der Waals surface area contributed by atoms with Gasteiger partial charge in [0.1, 0.15) is 0 Å². The molecular formula is C23H17BrN4O3. The second-order valence-electron chi connectivity index (χ2n) is 6.73. The Morgan fingerprint density at radius 1 is 1.03 bits per heavy atom. The topological polar surface area (TPSA) is 94.1 Å². The minimum atomic E-state index is -0.647. The van der Waals surface area contributed by atoms with Crippen LogP contribution < -0.4 is 5.32 Å². The Morgan fingerprint density at radius 3 is 2.42 bits per heavy atom. The fraction of sp³-hybridized carbons (Fsp3) is 0.0870. The van der Waals surface area contributed by atoms with Crippen molar-refractivity contribution in [1.82, 2.24) is 15.0 Å². The number of hydrogen-bond acceptors (Lipinski definition) is 6. The molecule has 2 heterocycles. The van der Waals surface area contributed by atoms with Gasteiger partial charge in [-0.2, -0.15) is 0 Å². The summed E-state index contributed by atoms with van der Waals surface area (Å²) in [6, 6.07) is 15.3. The highest BCUT2D eigenvalue weighted by Crippen LogP contribution is 2.31. The van der Waals surface area contributed by atoms with Crippen LogP contribution in [0.5, 0.6) is 0 Å². The van der Waals surface area contributed by atoms with E-state index in [-0.39, 0.29) is 11.7 Å². The van der Waals surface area contributed by atoms with Crippen molar-refractivity contribution in [2.75, 3.05) is 12.4 Å². The van der Waals surface area contributed by atoms with E-state index in [1.807, 2.05) is 55.5 Å². The lowest BCUT2D eigenvalue weighted by atomic mass is 9.97. The van der Waals surface area contributed by atoms with Gasteiger partial charge in [0.2, 0.25) is 5.82 Å². The average Bonchev–Trinajstić information content (AvgIpc) is 2.79. The van der Waals surface area contributed by atoms with Gasteiger partial charge in [0.25, 0.3) is 5.91 Å². The number of halogens is 1. The molecule has 0 aliphatic rings. The Morgan fingerprint density at radius 2 is 1.74 bits per heavy atom. The zero-order valence-electron chi connectivity index (χ0n) is 16.7. The number of methoxy groups -OCH3 is 1. The number of ether oxygens (including phenoxy) is 1. The number of esters is 1. The molecule has 0 bridgehead atoms. The minimum Gasteiger partial charge on any atom is -0.463 e. The Hall–Kier alpha value is -3.65. The first-order valence-electron chi connectivity index (χ1n) is 9.35. The predicted molar refractivity (Wildman–Crippen MR) is 121 cm³/mol. The molecule has 1 N–H and O–H groups in total. The number of rotatable bonds is 4. The smallest absolute Gasteiger partial charge is 0.376 e. The second-order valence-corrected chi connectivity index (χ2v) is 7.64. The van der Waals surface area contributed by atoms with Crippen LogP contribution in [0.1, 0.15) is 26.5 Å². The lowest BCUT2D eigenvalue weighted by molar-refractivity contribution is 0.0586. The summed E-state index contributed by atoms with van der Waals surface area (Å²) in [4.78, 5) is 37.5. The van der Waals surface area contributed by atoms with Crippen LogP contribution in [0.3, 0.4) is 0 Å². The van der Waals surface area contributed by atoms with Crippen LogP contribution in [0.2, 0.25) is 0 Å². The van der Waals surface area contributed by atoms with Crippen molar-refractivity contribution in [3.8, 4) is 11.3 Å². The van der Waals surface area contributed by atoms with Crippen LogP contribution in [0.25, 0.3) is 22.2 Å². The summed E-state index contributed by atoms with van der Waals surface area (Å²) in [5.74, 6) is -1.05. The van der Waals surface area contributed by atoms with Crippen molar-refractivity contribution >= 4 is 44.4 Å². The lowest BCUT2D eigenvalue weighted by Gasteiger charge is -2.15. The summed E-state index contributed by atoms with van der Waals surface area (Å²) in [5.41, 5.74) is 3.97. The molecule has 0 aliphatic carbocycles. The molecule has 2 aromatic heterocycles. The summed E-state index contributed by atoms with van der Waals surface area (Å²) in [7, 11) is 1.25. The molecule has 4 rings (SSSR count). The van der Waals surface area contributed by atoms with Gasteiger partial charge in [-0.15, -0.1) is 0 Å². The molecule has 1 amide bonds. The maximum absolute atomic E-state index is 13.3. The fourth-order valence-corrected chi connectivity index (χ4v) is 3.64. The zero-order chi connectivity index (χ0) is 22.0. The summed E-state index contributed by atoms with van der Waals surface area (Å²) in [5, 5.41) is 3.53. The Balaban J connectivity index is 1.79. The van der Waals surface area contributed by atoms with Crippen molar-refractivity contribution in [2.45, 2.75) is 6.92 Å². The molecule has 0 fully saturated rings. The number of aromatic nitrogens is 3. The maximum Gasteiger partial charge on any atom is 0.376 e. The summed E-state index contributed by atoms with van der Waals surface area (Å²) in [6.07, 6.45) is 2.73. The second kappa shape index (κ2) is 8.61. The van der Waals surface area contributed by atoms with Crippen molar-refractivity contribution in [3.63, 3.8) is 0 Å². The molecular weight excluding hydrogens is 460 g/mol. The maximum atomic E-state index is 13.3. The third-order valence-corrected chi connectivity index (χ3v) is 5.24. The minimum absolute atomic E-state index is 0.0821. The number of fused-ring (bicyclic) bond motifs is 1. The normalized spacial score (nSPS) is 10.7. The number of benzene rings is 2. The summed E-state index contributed by atoms with van der Waals surface area (Å²) >= 11 is 3.48. The van der Waals surface area contributed by atoms with E-state index in [0.29, 0.717) is 16.8 Å². The van der Waals surface area contributed by atoms with Gasteiger partial charge in [-0.05, 0) is 30.7 Å². The molecule has 31 heavy (non-hydrogen) atoms. The number of carbonyl (C=O) groups excluding carboxylic acids is 2. The largest absolute Gasteiger partial charge is 0.463 e. The monoisotopic (exact) mass is 476 g/mol. The first-order valence-corrected chi connectivity index (χ1v) is 10.1. The van der Waals surface area contributed by atoms with Gasteiger partial charge in [-0.25, -0.2) is 19.7 Å². The molecule has 8 heteroatoms. The van der Waals surface area contributed by atoms with Crippen LogP contribution in [0, 0.1) is 6.92 Å². The number of nitrogens with zero attached hydrogens (tertiary/aromatic N) is 3. The van der Waals surface area contributed by atoms with Gasteiger partial charge in [0, 0.05) is 15.4 Å². The summed E-state index contributed by atoms with van der Waals surface area (Å²) < 4.78 is 5.44. The van der Waals surface area contributed by atoms with E-state index in [1.165, 1.54) is 19.5 Å². The van der Waals surface area contributed by atoms with E-state index in [1.54, 1.807) is 0 Å². The van der Waals surface area contributed by atoms with E-state index in [9.17, 15) is 9.59 Å². The Labute approximate surface area is 186 Å². The lowest BCUT2D eigenvalue weighted by Crippen LogP contribution is -2.16.